The van der Waals surface area contributed by atoms with Crippen LogP contribution < -0.4 is 0 Å². The number of hydrogen-bond acceptors (Lipinski definition) is 4. The van der Waals surface area contributed by atoms with Crippen LogP contribution in [0.25, 0.3) is 0 Å². The summed E-state index contributed by atoms with van der Waals surface area (Å²) in [6.07, 6.45) is -5.19. The molecule has 0 radical (unpaired) electrons. The van der Waals surface area contributed by atoms with Gasteiger partial charge in [-0.25, -0.2) is 0 Å². The lowest BCUT2D eigenvalue weighted by Gasteiger charge is -2.25. The normalized spacial score (nSPS) is 12.7. The van der Waals surface area contributed by atoms with E-state index in [-0.39, 0.29) is 24.6 Å². The largest absolute Gasteiger partial charge is 0.435 e. The van der Waals surface area contributed by atoms with Gasteiger partial charge in [0.25, 0.3) is 0 Å². The Kier molecular flexibility index (Phi) is 7.63. The molecule has 0 aliphatic heterocycles. The molecular formula is C18H18Cl2F3N3O2. The number of hydrogen-bond donors (Lipinski definition) is 1. The van der Waals surface area contributed by atoms with Crippen LogP contribution in [0.15, 0.2) is 30.3 Å². The Labute approximate surface area is 170 Å². The second-order valence-corrected chi connectivity index (χ2v) is 6.94. The number of aliphatic hydroxyl groups is 1. The van der Waals surface area contributed by atoms with Crippen molar-refractivity contribution < 1.29 is 23.1 Å². The fraction of sp³-hybridized carbons (Fsp3) is 0.389. The standard InChI is InChI=1S/C18H18Cl2F3N3O2/c1-2-7-26(17(28)9-11-3-4-12(19)13(20)8-11)10-15(27)14-5-6-16(25-24-14)18(21,22)23/h3-6,8,15,27H,2,7,9-10H2,1H3. The van der Waals surface area contributed by atoms with Gasteiger partial charge in [0, 0.05) is 6.54 Å². The van der Waals surface area contributed by atoms with Crippen LogP contribution in [-0.2, 0) is 17.4 Å². The fourth-order valence-corrected chi connectivity index (χ4v) is 2.82. The molecule has 2 rings (SSSR count). The van der Waals surface area contributed by atoms with E-state index in [1.807, 2.05) is 6.92 Å². The summed E-state index contributed by atoms with van der Waals surface area (Å²) in [6, 6.07) is 6.64. The van der Waals surface area contributed by atoms with Crippen molar-refractivity contribution >= 4 is 29.1 Å². The summed E-state index contributed by atoms with van der Waals surface area (Å²) in [5.41, 5.74) is -0.537. The number of nitrogens with zero attached hydrogens (tertiary/aromatic N) is 3. The smallest absolute Gasteiger partial charge is 0.385 e. The highest BCUT2D eigenvalue weighted by Gasteiger charge is 2.33. The predicted octanol–water partition coefficient (Wildman–Crippen LogP) is 4.32. The van der Waals surface area contributed by atoms with Gasteiger partial charge < -0.3 is 10.0 Å². The minimum absolute atomic E-state index is 0.0439. The van der Waals surface area contributed by atoms with Crippen LogP contribution in [0.1, 0.15) is 36.4 Å². The van der Waals surface area contributed by atoms with Crippen molar-refractivity contribution in [2.45, 2.75) is 32.0 Å². The number of amides is 1. The number of benzene rings is 1. The second-order valence-electron chi connectivity index (χ2n) is 6.12. The van der Waals surface area contributed by atoms with Gasteiger partial charge in [0.1, 0.15) is 6.10 Å². The quantitative estimate of drug-likeness (QED) is 0.703. The molecule has 0 saturated heterocycles. The maximum absolute atomic E-state index is 12.6. The molecule has 2 aromatic rings. The summed E-state index contributed by atoms with van der Waals surface area (Å²) in [5.74, 6) is -0.265. The highest BCUT2D eigenvalue weighted by atomic mass is 35.5. The van der Waals surface area contributed by atoms with Crippen LogP contribution >= 0.6 is 23.2 Å². The van der Waals surface area contributed by atoms with Crippen molar-refractivity contribution in [2.24, 2.45) is 0 Å². The zero-order chi connectivity index (χ0) is 20.9. The van der Waals surface area contributed by atoms with Crippen LogP contribution in [0.4, 0.5) is 13.2 Å². The van der Waals surface area contributed by atoms with E-state index in [2.05, 4.69) is 10.2 Å². The van der Waals surface area contributed by atoms with E-state index in [1.54, 1.807) is 18.2 Å². The Hall–Kier alpha value is -1.90. The van der Waals surface area contributed by atoms with Crippen molar-refractivity contribution in [3.63, 3.8) is 0 Å². The molecule has 28 heavy (non-hydrogen) atoms. The van der Waals surface area contributed by atoms with E-state index >= 15 is 0 Å². The molecule has 1 N–H and O–H groups in total. The third-order valence-corrected chi connectivity index (χ3v) is 4.63. The molecule has 1 aromatic heterocycles. The van der Waals surface area contributed by atoms with Gasteiger partial charge in [-0.15, -0.1) is 5.10 Å². The van der Waals surface area contributed by atoms with Crippen molar-refractivity contribution in [3.8, 4) is 0 Å². The van der Waals surface area contributed by atoms with Crippen molar-refractivity contribution in [1.29, 1.82) is 0 Å². The van der Waals surface area contributed by atoms with E-state index in [9.17, 15) is 23.1 Å². The Morgan fingerprint density at radius 1 is 1.18 bits per heavy atom. The van der Waals surface area contributed by atoms with Crippen molar-refractivity contribution in [3.05, 3.63) is 57.3 Å². The summed E-state index contributed by atoms with van der Waals surface area (Å²) < 4.78 is 37.7. The van der Waals surface area contributed by atoms with Gasteiger partial charge in [0.05, 0.1) is 28.7 Å². The average molecular weight is 436 g/mol. The molecule has 0 bridgehead atoms. The Morgan fingerprint density at radius 2 is 1.89 bits per heavy atom. The lowest BCUT2D eigenvalue weighted by Crippen LogP contribution is -2.36. The number of carbonyl (C=O) groups is 1. The summed E-state index contributed by atoms with van der Waals surface area (Å²) in [6.45, 7) is 2.11. The second kappa shape index (κ2) is 9.54. The van der Waals surface area contributed by atoms with E-state index in [0.717, 1.165) is 12.1 Å². The molecule has 1 unspecified atom stereocenters. The SMILES string of the molecule is CCCN(CC(O)c1ccc(C(F)(F)F)nn1)C(=O)Cc1ccc(Cl)c(Cl)c1. The van der Waals surface area contributed by atoms with Gasteiger partial charge in [-0.2, -0.15) is 18.3 Å². The molecule has 0 aliphatic rings. The van der Waals surface area contributed by atoms with Crippen LogP contribution in [0.2, 0.25) is 10.0 Å². The molecule has 152 valence electrons. The molecule has 5 nitrogen and oxygen atoms in total. The highest BCUT2D eigenvalue weighted by molar-refractivity contribution is 6.42. The predicted molar refractivity (Wildman–Crippen MR) is 99.0 cm³/mol. The van der Waals surface area contributed by atoms with Crippen molar-refractivity contribution in [1.82, 2.24) is 15.1 Å². The van der Waals surface area contributed by atoms with E-state index < -0.39 is 18.0 Å². The number of halogens is 5. The first kappa shape index (κ1) is 22.4. The zero-order valence-corrected chi connectivity index (χ0v) is 16.4. The van der Waals surface area contributed by atoms with Crippen LogP contribution in [0.5, 0.6) is 0 Å². The summed E-state index contributed by atoms with van der Waals surface area (Å²) >= 11 is 11.8. The van der Waals surface area contributed by atoms with E-state index in [1.165, 1.54) is 4.90 Å². The number of aromatic nitrogens is 2. The molecule has 0 fully saturated rings. The van der Waals surface area contributed by atoms with Gasteiger partial charge >= 0.3 is 6.18 Å². The van der Waals surface area contributed by atoms with Crippen LogP contribution in [0, 0.1) is 0 Å². The first-order valence-corrected chi connectivity index (χ1v) is 9.18. The van der Waals surface area contributed by atoms with Gasteiger partial charge in [0.15, 0.2) is 5.69 Å². The lowest BCUT2D eigenvalue weighted by atomic mass is 10.1. The van der Waals surface area contributed by atoms with Gasteiger partial charge in [-0.05, 0) is 36.2 Å². The Balaban J connectivity index is 2.08. The summed E-state index contributed by atoms with van der Waals surface area (Å²) in [7, 11) is 0. The number of carbonyl (C=O) groups excluding carboxylic acids is 1. The molecule has 0 saturated carbocycles. The molecule has 10 heteroatoms. The maximum Gasteiger partial charge on any atom is 0.435 e. The molecule has 0 aliphatic carbocycles. The van der Waals surface area contributed by atoms with Gasteiger partial charge in [-0.1, -0.05) is 36.2 Å². The van der Waals surface area contributed by atoms with Crippen molar-refractivity contribution in [2.75, 3.05) is 13.1 Å². The Bertz CT molecular complexity index is 817. The lowest BCUT2D eigenvalue weighted by molar-refractivity contribution is -0.141. The fourth-order valence-electron chi connectivity index (χ4n) is 2.50. The van der Waals surface area contributed by atoms with Crippen LogP contribution in [-0.4, -0.2) is 39.2 Å². The molecule has 1 aromatic carbocycles. The zero-order valence-electron chi connectivity index (χ0n) is 14.9. The number of rotatable bonds is 7. The minimum atomic E-state index is -4.61. The Morgan fingerprint density at radius 3 is 2.43 bits per heavy atom. The monoisotopic (exact) mass is 435 g/mol. The maximum atomic E-state index is 12.6. The summed E-state index contributed by atoms with van der Waals surface area (Å²) in [4.78, 5) is 14.0. The van der Waals surface area contributed by atoms with Crippen LogP contribution in [0.3, 0.4) is 0 Å². The van der Waals surface area contributed by atoms with Gasteiger partial charge in [-0.3, -0.25) is 4.79 Å². The molecule has 1 heterocycles. The summed E-state index contributed by atoms with van der Waals surface area (Å²) in [5, 5.41) is 17.5. The first-order valence-electron chi connectivity index (χ1n) is 8.42. The van der Waals surface area contributed by atoms with E-state index in [0.29, 0.717) is 28.6 Å². The molecule has 1 amide bonds. The molecule has 1 atom stereocenters. The number of aliphatic hydroxyl groups excluding tert-OH is 1. The molecule has 0 spiro atoms. The third kappa shape index (κ3) is 6.05. The topological polar surface area (TPSA) is 66.3 Å². The molecular weight excluding hydrogens is 418 g/mol. The average Bonchev–Trinajstić information content (AvgIpc) is 2.63. The van der Waals surface area contributed by atoms with E-state index in [4.69, 9.17) is 23.2 Å². The van der Waals surface area contributed by atoms with Gasteiger partial charge in [0.2, 0.25) is 5.91 Å². The first-order chi connectivity index (χ1) is 13.1. The minimum Gasteiger partial charge on any atom is -0.385 e. The highest BCUT2D eigenvalue weighted by Crippen LogP contribution is 2.27. The third-order valence-electron chi connectivity index (χ3n) is 3.90. The number of alkyl halides is 3.